The van der Waals surface area contributed by atoms with E-state index < -0.39 is 5.72 Å². The number of nitrogens with zero attached hydrogens (tertiary/aromatic N) is 3. The van der Waals surface area contributed by atoms with Gasteiger partial charge in [-0.3, -0.25) is 9.78 Å². The van der Waals surface area contributed by atoms with Crippen LogP contribution in [0, 0.1) is 0 Å². The van der Waals surface area contributed by atoms with Crippen LogP contribution in [0.5, 0.6) is 0 Å². The van der Waals surface area contributed by atoms with Gasteiger partial charge in [0.25, 0.3) is 5.91 Å². The van der Waals surface area contributed by atoms with Gasteiger partial charge in [-0.25, -0.2) is 0 Å². The van der Waals surface area contributed by atoms with Gasteiger partial charge >= 0.3 is 0 Å². The van der Waals surface area contributed by atoms with Crippen molar-refractivity contribution in [3.63, 3.8) is 0 Å². The molecule has 0 saturated carbocycles. The molecule has 1 aliphatic heterocycles. The highest BCUT2D eigenvalue weighted by Gasteiger charge is 2.39. The van der Waals surface area contributed by atoms with Crippen molar-refractivity contribution in [3.05, 3.63) is 30.1 Å². The van der Waals surface area contributed by atoms with Crippen LogP contribution in [0.2, 0.25) is 0 Å². The molecule has 5 nitrogen and oxygen atoms in total. The molecule has 0 unspecified atom stereocenters. The van der Waals surface area contributed by atoms with Gasteiger partial charge in [-0.05, 0) is 26.0 Å². The number of aliphatic hydroxyl groups is 1. The molecule has 2 heterocycles. The van der Waals surface area contributed by atoms with E-state index in [0.717, 1.165) is 10.7 Å². The van der Waals surface area contributed by atoms with Gasteiger partial charge in [-0.1, -0.05) is 6.07 Å². The summed E-state index contributed by atoms with van der Waals surface area (Å²) in [6, 6.07) is 5.05. The van der Waals surface area contributed by atoms with Gasteiger partial charge in [-0.15, -0.1) is 0 Å². The van der Waals surface area contributed by atoms with Gasteiger partial charge in [0.2, 0.25) is 0 Å². The van der Waals surface area contributed by atoms with Crippen molar-refractivity contribution in [2.24, 2.45) is 5.10 Å². The summed E-state index contributed by atoms with van der Waals surface area (Å²) in [5.74, 6) is -0.387. The number of hydrogen-bond acceptors (Lipinski definition) is 4. The van der Waals surface area contributed by atoms with Crippen LogP contribution in [0.15, 0.2) is 29.5 Å². The number of carbonyl (C=O) groups excluding carboxylic acids is 1. The van der Waals surface area contributed by atoms with Gasteiger partial charge in [-0.2, -0.15) is 10.1 Å². The van der Waals surface area contributed by atoms with E-state index in [4.69, 9.17) is 0 Å². The third-order valence-corrected chi connectivity index (χ3v) is 2.39. The van der Waals surface area contributed by atoms with Crippen LogP contribution in [-0.4, -0.2) is 32.4 Å². The molecule has 0 fully saturated rings. The van der Waals surface area contributed by atoms with E-state index in [2.05, 4.69) is 10.1 Å². The standard InChI is InChI=1S/C11H13N3O2/c1-8-7-11(2,16)14(13-8)10(15)9-5-3-4-6-12-9/h3-6,16H,7H2,1-2H3/t11-/m1/s1. The van der Waals surface area contributed by atoms with E-state index in [1.165, 1.54) is 6.20 Å². The predicted molar refractivity (Wildman–Crippen MR) is 58.8 cm³/mol. The Morgan fingerprint density at radius 2 is 2.31 bits per heavy atom. The molecule has 0 bridgehead atoms. The number of amides is 1. The number of rotatable bonds is 1. The van der Waals surface area contributed by atoms with Crippen LogP contribution in [0.25, 0.3) is 0 Å². The van der Waals surface area contributed by atoms with E-state index in [1.807, 2.05) is 0 Å². The Labute approximate surface area is 93.4 Å². The van der Waals surface area contributed by atoms with E-state index in [-0.39, 0.29) is 11.6 Å². The smallest absolute Gasteiger partial charge is 0.295 e. The second kappa shape index (κ2) is 3.68. The fourth-order valence-corrected chi connectivity index (χ4v) is 1.74. The summed E-state index contributed by atoms with van der Waals surface area (Å²) < 4.78 is 0. The summed E-state index contributed by atoms with van der Waals surface area (Å²) in [6.07, 6.45) is 1.90. The number of carbonyl (C=O) groups is 1. The molecule has 16 heavy (non-hydrogen) atoms. The molecule has 5 heteroatoms. The maximum Gasteiger partial charge on any atom is 0.295 e. The average Bonchev–Trinajstić information content (AvgIpc) is 2.52. The second-order valence-electron chi connectivity index (χ2n) is 4.06. The molecule has 1 N–H and O–H groups in total. The van der Waals surface area contributed by atoms with Crippen molar-refractivity contribution in [1.82, 2.24) is 9.99 Å². The SMILES string of the molecule is CC1=NN(C(=O)c2ccccn2)[C@](C)(O)C1. The number of pyridine rings is 1. The Balaban J connectivity index is 2.30. The monoisotopic (exact) mass is 219 g/mol. The molecule has 0 aromatic carbocycles. The van der Waals surface area contributed by atoms with Gasteiger partial charge in [0.05, 0.1) is 0 Å². The molecule has 1 atom stereocenters. The summed E-state index contributed by atoms with van der Waals surface area (Å²) in [5.41, 5.74) is -0.242. The molecule has 0 radical (unpaired) electrons. The summed E-state index contributed by atoms with van der Waals surface area (Å²) in [4.78, 5) is 15.9. The third kappa shape index (κ3) is 1.81. The molecule has 0 spiro atoms. The summed E-state index contributed by atoms with van der Waals surface area (Å²) in [6.45, 7) is 3.34. The number of aromatic nitrogens is 1. The first-order valence-corrected chi connectivity index (χ1v) is 5.03. The van der Waals surface area contributed by atoms with Crippen LogP contribution in [-0.2, 0) is 0 Å². The fourth-order valence-electron chi connectivity index (χ4n) is 1.74. The Bertz CT molecular complexity index is 440. The number of hydrogen-bond donors (Lipinski definition) is 1. The summed E-state index contributed by atoms with van der Waals surface area (Å²) in [7, 11) is 0. The highest BCUT2D eigenvalue weighted by Crippen LogP contribution is 2.25. The lowest BCUT2D eigenvalue weighted by Crippen LogP contribution is -2.43. The van der Waals surface area contributed by atoms with Crippen molar-refractivity contribution in [1.29, 1.82) is 0 Å². The van der Waals surface area contributed by atoms with Crippen LogP contribution in [0.1, 0.15) is 30.8 Å². The lowest BCUT2D eigenvalue weighted by atomic mass is 10.1. The van der Waals surface area contributed by atoms with Crippen molar-refractivity contribution < 1.29 is 9.90 Å². The molecule has 1 aliphatic rings. The van der Waals surface area contributed by atoms with Crippen LogP contribution in [0.3, 0.4) is 0 Å². The highest BCUT2D eigenvalue weighted by atomic mass is 16.3. The lowest BCUT2D eigenvalue weighted by molar-refractivity contribution is -0.0556. The predicted octanol–water partition coefficient (Wildman–Crippen LogP) is 1.01. The quantitative estimate of drug-likeness (QED) is 0.766. The van der Waals surface area contributed by atoms with Crippen molar-refractivity contribution in [3.8, 4) is 0 Å². The van der Waals surface area contributed by atoms with E-state index in [1.54, 1.807) is 32.0 Å². The van der Waals surface area contributed by atoms with Gasteiger partial charge < -0.3 is 5.11 Å². The molecular weight excluding hydrogens is 206 g/mol. The van der Waals surface area contributed by atoms with Crippen LogP contribution < -0.4 is 0 Å². The van der Waals surface area contributed by atoms with Crippen molar-refractivity contribution >= 4 is 11.6 Å². The zero-order chi connectivity index (χ0) is 11.8. The number of hydrazone groups is 1. The molecular formula is C11H13N3O2. The summed E-state index contributed by atoms with van der Waals surface area (Å²) >= 11 is 0. The Morgan fingerprint density at radius 3 is 2.81 bits per heavy atom. The largest absolute Gasteiger partial charge is 0.369 e. The molecule has 0 saturated heterocycles. The minimum atomic E-state index is -1.25. The Kier molecular flexibility index (Phi) is 2.47. The highest BCUT2D eigenvalue weighted by molar-refractivity contribution is 5.96. The fraction of sp³-hybridized carbons (Fsp3) is 0.364. The van der Waals surface area contributed by atoms with E-state index >= 15 is 0 Å². The molecule has 0 aliphatic carbocycles. The first-order chi connectivity index (χ1) is 7.50. The van der Waals surface area contributed by atoms with Crippen molar-refractivity contribution in [2.45, 2.75) is 26.0 Å². The Hall–Kier alpha value is -1.75. The normalized spacial score (nSPS) is 24.4. The maximum absolute atomic E-state index is 12.0. The molecule has 2 rings (SSSR count). The minimum Gasteiger partial charge on any atom is -0.369 e. The molecule has 84 valence electrons. The maximum atomic E-state index is 12.0. The topological polar surface area (TPSA) is 65.8 Å². The van der Waals surface area contributed by atoms with Gasteiger partial charge in [0.1, 0.15) is 5.69 Å². The van der Waals surface area contributed by atoms with Gasteiger partial charge in [0.15, 0.2) is 5.72 Å². The van der Waals surface area contributed by atoms with E-state index in [9.17, 15) is 9.90 Å². The molecule has 1 amide bonds. The van der Waals surface area contributed by atoms with Crippen molar-refractivity contribution in [2.75, 3.05) is 0 Å². The lowest BCUT2D eigenvalue weighted by Gasteiger charge is -2.26. The van der Waals surface area contributed by atoms with Crippen LogP contribution >= 0.6 is 0 Å². The minimum absolute atomic E-state index is 0.279. The molecule has 1 aromatic heterocycles. The van der Waals surface area contributed by atoms with Crippen LogP contribution in [0.4, 0.5) is 0 Å². The van der Waals surface area contributed by atoms with Gasteiger partial charge in [0, 0.05) is 18.3 Å². The second-order valence-corrected chi connectivity index (χ2v) is 4.06. The first kappa shape index (κ1) is 10.8. The molecule has 1 aromatic rings. The summed E-state index contributed by atoms with van der Waals surface area (Å²) in [5, 5.41) is 15.1. The zero-order valence-corrected chi connectivity index (χ0v) is 9.21. The van der Waals surface area contributed by atoms with E-state index in [0.29, 0.717) is 6.42 Å². The average molecular weight is 219 g/mol. The third-order valence-electron chi connectivity index (χ3n) is 2.39. The first-order valence-electron chi connectivity index (χ1n) is 5.03. The zero-order valence-electron chi connectivity index (χ0n) is 9.21. The Morgan fingerprint density at radius 1 is 1.56 bits per heavy atom.